The van der Waals surface area contributed by atoms with Crippen molar-refractivity contribution in [1.82, 2.24) is 5.32 Å². The summed E-state index contributed by atoms with van der Waals surface area (Å²) in [7, 11) is 0. The molecule has 0 bridgehead atoms. The molecule has 1 aliphatic carbocycles. The Kier molecular flexibility index (Phi) is 3.17. The molecule has 0 atom stereocenters. The van der Waals surface area contributed by atoms with E-state index in [1.165, 1.54) is 18.4 Å². The summed E-state index contributed by atoms with van der Waals surface area (Å²) in [6.45, 7) is 3.15. The van der Waals surface area contributed by atoms with E-state index in [0.717, 1.165) is 18.2 Å². The Morgan fingerprint density at radius 2 is 2.13 bits per heavy atom. The van der Waals surface area contributed by atoms with Gasteiger partial charge in [0.2, 0.25) is 0 Å². The topological polar surface area (TPSA) is 38.0 Å². The minimum atomic E-state index is 0.681. The summed E-state index contributed by atoms with van der Waals surface area (Å²) in [4.78, 5) is 0. The molecule has 1 aliphatic rings. The van der Waals surface area contributed by atoms with Crippen molar-refractivity contribution in [1.29, 1.82) is 0 Å². The minimum absolute atomic E-state index is 0.681. The number of nitrogen functional groups attached to an aromatic ring is 1. The molecule has 1 saturated carbocycles. The van der Waals surface area contributed by atoms with Crippen molar-refractivity contribution in [2.75, 3.05) is 5.73 Å². The molecular formula is C12H17ClN2. The summed E-state index contributed by atoms with van der Waals surface area (Å²) < 4.78 is 0. The van der Waals surface area contributed by atoms with Gasteiger partial charge in [-0.3, -0.25) is 0 Å². The fraction of sp³-hybridized carbons (Fsp3) is 0.500. The highest BCUT2D eigenvalue weighted by molar-refractivity contribution is 6.30. The summed E-state index contributed by atoms with van der Waals surface area (Å²) in [6, 6.07) is 6.39. The Labute approximate surface area is 95.8 Å². The lowest BCUT2D eigenvalue weighted by Gasteiger charge is -2.33. The second-order valence-electron chi connectivity index (χ2n) is 4.55. The van der Waals surface area contributed by atoms with E-state index in [2.05, 4.69) is 12.2 Å². The van der Waals surface area contributed by atoms with Crippen LogP contribution in [0, 0.1) is 5.92 Å². The number of hydrogen-bond acceptors (Lipinski definition) is 2. The van der Waals surface area contributed by atoms with Crippen molar-refractivity contribution in [3.8, 4) is 0 Å². The molecule has 2 nitrogen and oxygen atoms in total. The van der Waals surface area contributed by atoms with Gasteiger partial charge in [0.25, 0.3) is 0 Å². The maximum absolute atomic E-state index is 5.93. The van der Waals surface area contributed by atoms with Gasteiger partial charge in [-0.25, -0.2) is 0 Å². The van der Waals surface area contributed by atoms with Crippen LogP contribution in [0.15, 0.2) is 18.2 Å². The van der Waals surface area contributed by atoms with Gasteiger partial charge in [0.15, 0.2) is 0 Å². The van der Waals surface area contributed by atoms with E-state index in [9.17, 15) is 0 Å². The Morgan fingerprint density at radius 3 is 2.73 bits per heavy atom. The first-order valence-electron chi connectivity index (χ1n) is 5.42. The second-order valence-corrected chi connectivity index (χ2v) is 4.98. The number of rotatable bonds is 3. The summed E-state index contributed by atoms with van der Waals surface area (Å²) in [5, 5.41) is 4.22. The SMILES string of the molecule is CC1CC(NCc2cc(N)cc(Cl)c2)C1. The van der Waals surface area contributed by atoms with Gasteiger partial charge in [0.05, 0.1) is 0 Å². The van der Waals surface area contributed by atoms with Crippen LogP contribution in [0.5, 0.6) is 0 Å². The van der Waals surface area contributed by atoms with Gasteiger partial charge in [-0.2, -0.15) is 0 Å². The highest BCUT2D eigenvalue weighted by Gasteiger charge is 2.24. The summed E-state index contributed by atoms with van der Waals surface area (Å²) in [6.07, 6.45) is 2.58. The zero-order valence-corrected chi connectivity index (χ0v) is 9.72. The van der Waals surface area contributed by atoms with Crippen LogP contribution in [0.1, 0.15) is 25.3 Å². The summed E-state index contributed by atoms with van der Waals surface area (Å²) >= 11 is 5.93. The number of nitrogens with two attached hydrogens (primary N) is 1. The van der Waals surface area contributed by atoms with Crippen LogP contribution in [-0.4, -0.2) is 6.04 Å². The van der Waals surface area contributed by atoms with E-state index in [1.807, 2.05) is 12.1 Å². The summed E-state index contributed by atoms with van der Waals surface area (Å²) in [5.41, 5.74) is 7.63. The molecule has 0 heterocycles. The predicted molar refractivity (Wildman–Crippen MR) is 64.9 cm³/mol. The number of benzene rings is 1. The van der Waals surface area contributed by atoms with Gasteiger partial charge in [-0.05, 0) is 42.5 Å². The van der Waals surface area contributed by atoms with Gasteiger partial charge in [-0.1, -0.05) is 18.5 Å². The second kappa shape index (κ2) is 4.42. The fourth-order valence-electron chi connectivity index (χ4n) is 2.11. The van der Waals surface area contributed by atoms with E-state index < -0.39 is 0 Å². The molecular weight excluding hydrogens is 208 g/mol. The highest BCUT2D eigenvalue weighted by atomic mass is 35.5. The Hall–Kier alpha value is -0.730. The highest BCUT2D eigenvalue weighted by Crippen LogP contribution is 2.26. The average molecular weight is 225 g/mol. The largest absolute Gasteiger partial charge is 0.399 e. The molecule has 82 valence electrons. The van der Waals surface area contributed by atoms with Crippen LogP contribution in [0.2, 0.25) is 5.02 Å². The van der Waals surface area contributed by atoms with E-state index in [-0.39, 0.29) is 0 Å². The minimum Gasteiger partial charge on any atom is -0.399 e. The molecule has 3 heteroatoms. The maximum atomic E-state index is 5.93. The van der Waals surface area contributed by atoms with Gasteiger partial charge in [-0.15, -0.1) is 0 Å². The number of nitrogens with one attached hydrogen (secondary N) is 1. The standard InChI is InChI=1S/C12H17ClN2/c1-8-2-12(3-8)15-7-9-4-10(13)6-11(14)5-9/h4-6,8,12,15H,2-3,7,14H2,1H3. The van der Waals surface area contributed by atoms with Gasteiger partial charge < -0.3 is 11.1 Å². The van der Waals surface area contributed by atoms with E-state index in [0.29, 0.717) is 11.1 Å². The first-order chi connectivity index (χ1) is 7.13. The molecule has 1 aromatic rings. The third-order valence-electron chi connectivity index (χ3n) is 2.95. The predicted octanol–water partition coefficient (Wildman–Crippen LogP) is 2.81. The molecule has 1 fully saturated rings. The van der Waals surface area contributed by atoms with Crippen molar-refractivity contribution in [2.45, 2.75) is 32.4 Å². The summed E-state index contributed by atoms with van der Waals surface area (Å²) in [5.74, 6) is 0.881. The first kappa shape index (κ1) is 10.8. The van der Waals surface area contributed by atoms with Crippen molar-refractivity contribution in [3.63, 3.8) is 0 Å². The molecule has 0 amide bonds. The third kappa shape index (κ3) is 2.86. The Morgan fingerprint density at radius 1 is 1.40 bits per heavy atom. The van der Waals surface area contributed by atoms with E-state index in [4.69, 9.17) is 17.3 Å². The van der Waals surface area contributed by atoms with Crippen LogP contribution >= 0.6 is 11.6 Å². The van der Waals surface area contributed by atoms with Crippen molar-refractivity contribution in [3.05, 3.63) is 28.8 Å². The molecule has 3 N–H and O–H groups in total. The van der Waals surface area contributed by atoms with E-state index in [1.54, 1.807) is 6.07 Å². The van der Waals surface area contributed by atoms with Crippen LogP contribution < -0.4 is 11.1 Å². The first-order valence-corrected chi connectivity index (χ1v) is 5.79. The van der Waals surface area contributed by atoms with E-state index >= 15 is 0 Å². The van der Waals surface area contributed by atoms with Crippen molar-refractivity contribution >= 4 is 17.3 Å². The normalized spacial score (nSPS) is 24.9. The quantitative estimate of drug-likeness (QED) is 0.775. The number of halogens is 1. The van der Waals surface area contributed by atoms with Crippen LogP contribution in [-0.2, 0) is 6.54 Å². The molecule has 1 aromatic carbocycles. The van der Waals surface area contributed by atoms with Crippen molar-refractivity contribution < 1.29 is 0 Å². The molecule has 0 spiro atoms. The molecule has 0 unspecified atom stereocenters. The molecule has 0 saturated heterocycles. The molecule has 2 rings (SSSR count). The Bertz CT molecular complexity index is 325. The van der Waals surface area contributed by atoms with Crippen molar-refractivity contribution in [2.24, 2.45) is 5.92 Å². The van der Waals surface area contributed by atoms with Gasteiger partial charge in [0, 0.05) is 23.3 Å². The molecule has 15 heavy (non-hydrogen) atoms. The van der Waals surface area contributed by atoms with Gasteiger partial charge in [0.1, 0.15) is 0 Å². The number of hydrogen-bond donors (Lipinski definition) is 2. The van der Waals surface area contributed by atoms with Crippen LogP contribution in [0.4, 0.5) is 5.69 Å². The lowest BCUT2D eigenvalue weighted by atomic mass is 9.82. The fourth-order valence-corrected chi connectivity index (χ4v) is 2.37. The lowest BCUT2D eigenvalue weighted by molar-refractivity contribution is 0.240. The maximum Gasteiger partial charge on any atom is 0.0429 e. The third-order valence-corrected chi connectivity index (χ3v) is 3.17. The van der Waals surface area contributed by atoms with Crippen LogP contribution in [0.25, 0.3) is 0 Å². The molecule has 0 radical (unpaired) electrons. The zero-order chi connectivity index (χ0) is 10.8. The van der Waals surface area contributed by atoms with Gasteiger partial charge >= 0.3 is 0 Å². The Balaban J connectivity index is 1.88. The zero-order valence-electron chi connectivity index (χ0n) is 8.96. The monoisotopic (exact) mass is 224 g/mol. The molecule has 0 aromatic heterocycles. The number of anilines is 1. The van der Waals surface area contributed by atoms with Crippen LogP contribution in [0.3, 0.4) is 0 Å². The smallest absolute Gasteiger partial charge is 0.0429 e. The lowest BCUT2D eigenvalue weighted by Crippen LogP contribution is -2.39. The molecule has 0 aliphatic heterocycles. The average Bonchev–Trinajstić information content (AvgIpc) is 2.09.